The molecule has 1 saturated carbocycles. The molecule has 0 aliphatic heterocycles. The van der Waals surface area contributed by atoms with E-state index in [9.17, 15) is 4.79 Å². The molecule has 0 heterocycles. The molecule has 1 aromatic rings. The van der Waals surface area contributed by atoms with Crippen molar-refractivity contribution >= 4 is 21.8 Å². The van der Waals surface area contributed by atoms with Gasteiger partial charge in [0.2, 0.25) is 5.91 Å². The van der Waals surface area contributed by atoms with Crippen LogP contribution >= 0.6 is 15.9 Å². The highest BCUT2D eigenvalue weighted by Gasteiger charge is 2.43. The molecule has 74 valence electrons. The number of nitrogens with one attached hydrogen (secondary N) is 1. The van der Waals surface area contributed by atoms with Gasteiger partial charge < -0.3 is 5.32 Å². The Morgan fingerprint density at radius 2 is 2.07 bits per heavy atom. The van der Waals surface area contributed by atoms with E-state index in [4.69, 9.17) is 0 Å². The molecule has 0 bridgehead atoms. The average Bonchev–Trinajstić information content (AvgIpc) is 2.98. The van der Waals surface area contributed by atoms with Gasteiger partial charge in [0.05, 0.1) is 0 Å². The molecular weight excluding hydrogens is 242 g/mol. The Bertz CT molecular complexity index is 347. The first-order chi connectivity index (χ1) is 6.72. The molecule has 0 unspecified atom stereocenters. The molecule has 2 rings (SSSR count). The van der Waals surface area contributed by atoms with Crippen LogP contribution in [0.5, 0.6) is 0 Å². The predicted octanol–water partition coefficient (Wildman–Crippen LogP) is 2.30. The Balaban J connectivity index is 2.06. The number of carbonyl (C=O) groups is 1. The quantitative estimate of drug-likeness (QED) is 0.862. The highest BCUT2D eigenvalue weighted by Crippen LogP contribution is 2.47. The second kappa shape index (κ2) is 3.73. The van der Waals surface area contributed by atoms with Gasteiger partial charge in [-0.1, -0.05) is 28.1 Å². The largest absolute Gasteiger partial charge is 0.359 e. The van der Waals surface area contributed by atoms with Gasteiger partial charge in [0.25, 0.3) is 0 Å². The summed E-state index contributed by atoms with van der Waals surface area (Å²) in [6.45, 7) is 0. The molecule has 0 spiro atoms. The fourth-order valence-corrected chi connectivity index (χ4v) is 2.01. The number of carbonyl (C=O) groups excluding carboxylic acids is 1. The van der Waals surface area contributed by atoms with Crippen LogP contribution in [0.2, 0.25) is 0 Å². The zero-order chi connectivity index (χ0) is 10.1. The maximum absolute atomic E-state index is 11.3. The smallest absolute Gasteiger partial charge is 0.223 e. The second-order valence-corrected chi connectivity index (χ2v) is 4.53. The fraction of sp³-hybridized carbons (Fsp3) is 0.364. The van der Waals surface area contributed by atoms with Crippen molar-refractivity contribution in [1.82, 2.24) is 5.32 Å². The lowest BCUT2D eigenvalue weighted by atomic mass is 10.1. The highest BCUT2D eigenvalue weighted by molar-refractivity contribution is 9.10. The van der Waals surface area contributed by atoms with E-state index in [2.05, 4.69) is 33.4 Å². The topological polar surface area (TPSA) is 29.1 Å². The summed E-state index contributed by atoms with van der Waals surface area (Å²) in [6, 6.07) is 8.21. The normalized spacial score (nSPS) is 24.4. The molecule has 1 fully saturated rings. The minimum absolute atomic E-state index is 0.165. The number of hydrogen-bond acceptors (Lipinski definition) is 1. The number of hydrogen-bond donors (Lipinski definition) is 1. The Labute approximate surface area is 91.8 Å². The van der Waals surface area contributed by atoms with E-state index < -0.39 is 0 Å². The standard InChI is InChI=1S/C11H12BrNO/c1-13-11(14)10-6-9(10)7-2-4-8(12)5-3-7/h2-5,9-10H,6H2,1H3,(H,13,14)/t9-,10+/m0/s1. The summed E-state index contributed by atoms with van der Waals surface area (Å²) in [4.78, 5) is 11.3. The van der Waals surface area contributed by atoms with Gasteiger partial charge in [-0.3, -0.25) is 4.79 Å². The molecule has 0 aromatic heterocycles. The Kier molecular flexibility index (Phi) is 2.59. The lowest BCUT2D eigenvalue weighted by molar-refractivity contribution is -0.121. The maximum atomic E-state index is 11.3. The van der Waals surface area contributed by atoms with Gasteiger partial charge in [-0.25, -0.2) is 0 Å². The van der Waals surface area contributed by atoms with Crippen molar-refractivity contribution in [2.45, 2.75) is 12.3 Å². The minimum Gasteiger partial charge on any atom is -0.359 e. The van der Waals surface area contributed by atoms with Crippen LogP contribution in [0.1, 0.15) is 17.9 Å². The van der Waals surface area contributed by atoms with Crippen LogP contribution in [-0.4, -0.2) is 13.0 Å². The minimum atomic E-state index is 0.165. The molecular formula is C11H12BrNO. The van der Waals surface area contributed by atoms with Gasteiger partial charge in [-0.15, -0.1) is 0 Å². The van der Waals surface area contributed by atoms with Crippen molar-refractivity contribution in [2.24, 2.45) is 5.92 Å². The van der Waals surface area contributed by atoms with Gasteiger partial charge in [0, 0.05) is 17.4 Å². The van der Waals surface area contributed by atoms with Crippen LogP contribution in [0, 0.1) is 5.92 Å². The summed E-state index contributed by atoms with van der Waals surface area (Å²) < 4.78 is 1.08. The zero-order valence-electron chi connectivity index (χ0n) is 7.96. The molecule has 1 aliphatic carbocycles. The third-order valence-electron chi connectivity index (χ3n) is 2.67. The van der Waals surface area contributed by atoms with Gasteiger partial charge in [0.15, 0.2) is 0 Å². The van der Waals surface area contributed by atoms with Crippen molar-refractivity contribution in [3.05, 3.63) is 34.3 Å². The van der Waals surface area contributed by atoms with Gasteiger partial charge in [0.1, 0.15) is 0 Å². The van der Waals surface area contributed by atoms with E-state index in [1.807, 2.05) is 12.1 Å². The molecule has 2 atom stereocenters. The van der Waals surface area contributed by atoms with E-state index in [0.717, 1.165) is 10.9 Å². The first-order valence-electron chi connectivity index (χ1n) is 4.69. The van der Waals surface area contributed by atoms with Crippen molar-refractivity contribution in [2.75, 3.05) is 7.05 Å². The summed E-state index contributed by atoms with van der Waals surface area (Å²) in [7, 11) is 1.69. The SMILES string of the molecule is CNC(=O)[C@@H]1C[C@H]1c1ccc(Br)cc1. The van der Waals surface area contributed by atoms with Crippen LogP contribution in [0.4, 0.5) is 0 Å². The summed E-state index contributed by atoms with van der Waals surface area (Å²) in [5.74, 6) is 0.794. The summed E-state index contributed by atoms with van der Waals surface area (Å²) in [5, 5.41) is 2.69. The summed E-state index contributed by atoms with van der Waals surface area (Å²) >= 11 is 3.39. The zero-order valence-corrected chi connectivity index (χ0v) is 9.54. The molecule has 1 aromatic carbocycles. The molecule has 0 radical (unpaired) electrons. The van der Waals surface area contributed by atoms with Crippen molar-refractivity contribution < 1.29 is 4.79 Å². The van der Waals surface area contributed by atoms with E-state index in [-0.39, 0.29) is 11.8 Å². The third kappa shape index (κ3) is 1.82. The maximum Gasteiger partial charge on any atom is 0.223 e. The van der Waals surface area contributed by atoms with Crippen LogP contribution in [0.15, 0.2) is 28.7 Å². The first kappa shape index (κ1) is 9.71. The highest BCUT2D eigenvalue weighted by atomic mass is 79.9. The van der Waals surface area contributed by atoms with Crippen molar-refractivity contribution in [3.63, 3.8) is 0 Å². The lowest BCUT2D eigenvalue weighted by Crippen LogP contribution is -2.20. The average molecular weight is 254 g/mol. The lowest BCUT2D eigenvalue weighted by Gasteiger charge is -2.00. The molecule has 1 aliphatic rings. The van der Waals surface area contributed by atoms with E-state index >= 15 is 0 Å². The molecule has 2 nitrogen and oxygen atoms in total. The predicted molar refractivity (Wildman–Crippen MR) is 59.1 cm³/mol. The first-order valence-corrected chi connectivity index (χ1v) is 5.48. The Morgan fingerprint density at radius 3 is 2.64 bits per heavy atom. The monoisotopic (exact) mass is 253 g/mol. The Morgan fingerprint density at radius 1 is 1.43 bits per heavy atom. The van der Waals surface area contributed by atoms with Crippen LogP contribution in [0.3, 0.4) is 0 Å². The number of rotatable bonds is 2. The van der Waals surface area contributed by atoms with Gasteiger partial charge in [-0.2, -0.15) is 0 Å². The number of halogens is 1. The summed E-state index contributed by atoms with van der Waals surface area (Å²) in [5.41, 5.74) is 1.27. The summed E-state index contributed by atoms with van der Waals surface area (Å²) in [6.07, 6.45) is 0.987. The molecule has 0 saturated heterocycles. The molecule has 1 amide bonds. The van der Waals surface area contributed by atoms with Crippen LogP contribution in [0.25, 0.3) is 0 Å². The number of amides is 1. The van der Waals surface area contributed by atoms with Crippen LogP contribution in [-0.2, 0) is 4.79 Å². The number of benzene rings is 1. The molecule has 1 N–H and O–H groups in total. The second-order valence-electron chi connectivity index (χ2n) is 3.61. The van der Waals surface area contributed by atoms with E-state index in [0.29, 0.717) is 5.92 Å². The van der Waals surface area contributed by atoms with Gasteiger partial charge >= 0.3 is 0 Å². The van der Waals surface area contributed by atoms with Crippen molar-refractivity contribution in [3.8, 4) is 0 Å². The molecule has 3 heteroatoms. The van der Waals surface area contributed by atoms with Gasteiger partial charge in [-0.05, 0) is 30.0 Å². The third-order valence-corrected chi connectivity index (χ3v) is 3.20. The fourth-order valence-electron chi connectivity index (χ4n) is 1.75. The van der Waals surface area contributed by atoms with Crippen molar-refractivity contribution in [1.29, 1.82) is 0 Å². The molecule has 14 heavy (non-hydrogen) atoms. The Hall–Kier alpha value is -0.830. The van der Waals surface area contributed by atoms with E-state index in [1.54, 1.807) is 7.05 Å². The van der Waals surface area contributed by atoms with Crippen LogP contribution < -0.4 is 5.32 Å². The van der Waals surface area contributed by atoms with E-state index in [1.165, 1.54) is 5.56 Å².